The number of nitrogens with one attached hydrogen (secondary N) is 1. The normalized spacial score (nSPS) is 15.6. The first-order valence-corrected chi connectivity index (χ1v) is 6.40. The van der Waals surface area contributed by atoms with Gasteiger partial charge in [-0.2, -0.15) is 0 Å². The third-order valence-corrected chi connectivity index (χ3v) is 3.23. The first-order valence-electron chi connectivity index (χ1n) is 6.02. The van der Waals surface area contributed by atoms with Gasteiger partial charge in [0.25, 0.3) is 0 Å². The van der Waals surface area contributed by atoms with Crippen LogP contribution in [0.5, 0.6) is 0 Å². The fourth-order valence-corrected chi connectivity index (χ4v) is 2.16. The van der Waals surface area contributed by atoms with Crippen LogP contribution in [0, 0.1) is 6.92 Å². The van der Waals surface area contributed by atoms with Crippen molar-refractivity contribution in [3.05, 3.63) is 28.8 Å². The Hall–Kier alpha value is -1.26. The van der Waals surface area contributed by atoms with Gasteiger partial charge in [0.1, 0.15) is 0 Å². The molecule has 0 aromatic heterocycles. The van der Waals surface area contributed by atoms with E-state index in [0.717, 1.165) is 11.3 Å². The van der Waals surface area contributed by atoms with E-state index < -0.39 is 0 Å². The topological polar surface area (TPSA) is 41.6 Å². The van der Waals surface area contributed by atoms with Crippen molar-refractivity contribution < 1.29 is 9.53 Å². The minimum atomic E-state index is 0.0786. The molecule has 0 spiro atoms. The molecule has 1 aromatic rings. The van der Waals surface area contributed by atoms with Crippen LogP contribution in [0.1, 0.15) is 5.56 Å². The van der Waals surface area contributed by atoms with E-state index in [0.29, 0.717) is 31.3 Å². The van der Waals surface area contributed by atoms with Crippen LogP contribution in [0.2, 0.25) is 5.02 Å². The SMILES string of the molecule is Cc1ccc(NCC(=O)N2CCOCC2)c(Cl)c1. The van der Waals surface area contributed by atoms with E-state index in [-0.39, 0.29) is 12.5 Å². The molecule has 98 valence electrons. The van der Waals surface area contributed by atoms with E-state index in [1.165, 1.54) is 0 Å². The fraction of sp³-hybridized carbons (Fsp3) is 0.462. The number of carbonyl (C=O) groups excluding carboxylic acids is 1. The molecule has 1 saturated heterocycles. The van der Waals surface area contributed by atoms with Crippen molar-refractivity contribution in [1.29, 1.82) is 0 Å². The monoisotopic (exact) mass is 268 g/mol. The van der Waals surface area contributed by atoms with Gasteiger partial charge in [-0.15, -0.1) is 0 Å². The van der Waals surface area contributed by atoms with Gasteiger partial charge < -0.3 is 15.0 Å². The number of halogens is 1. The second-order valence-electron chi connectivity index (χ2n) is 4.33. The molecule has 4 nitrogen and oxygen atoms in total. The highest BCUT2D eigenvalue weighted by Crippen LogP contribution is 2.22. The third kappa shape index (κ3) is 3.37. The molecular weight excluding hydrogens is 252 g/mol. The van der Waals surface area contributed by atoms with E-state index in [1.807, 2.05) is 25.1 Å². The second kappa shape index (κ2) is 6.07. The molecule has 0 aliphatic carbocycles. The number of rotatable bonds is 3. The van der Waals surface area contributed by atoms with Crippen molar-refractivity contribution in [2.45, 2.75) is 6.92 Å². The van der Waals surface area contributed by atoms with Crippen LogP contribution in [0.15, 0.2) is 18.2 Å². The zero-order chi connectivity index (χ0) is 13.0. The lowest BCUT2D eigenvalue weighted by Crippen LogP contribution is -2.43. The molecular formula is C13H17ClN2O2. The Bertz CT molecular complexity index is 431. The predicted molar refractivity (Wildman–Crippen MR) is 72.1 cm³/mol. The average molecular weight is 269 g/mol. The van der Waals surface area contributed by atoms with E-state index >= 15 is 0 Å². The zero-order valence-electron chi connectivity index (χ0n) is 10.4. The van der Waals surface area contributed by atoms with Crippen LogP contribution < -0.4 is 5.32 Å². The van der Waals surface area contributed by atoms with E-state index in [2.05, 4.69) is 5.32 Å². The Morgan fingerprint density at radius 1 is 1.44 bits per heavy atom. The number of nitrogens with zero attached hydrogens (tertiary/aromatic N) is 1. The summed E-state index contributed by atoms with van der Waals surface area (Å²) in [6.45, 7) is 4.83. The Kier molecular flexibility index (Phi) is 4.44. The van der Waals surface area contributed by atoms with Gasteiger partial charge >= 0.3 is 0 Å². The van der Waals surface area contributed by atoms with Crippen molar-refractivity contribution in [2.24, 2.45) is 0 Å². The van der Waals surface area contributed by atoms with Gasteiger partial charge in [-0.3, -0.25) is 4.79 Å². The van der Waals surface area contributed by atoms with Gasteiger partial charge in [-0.25, -0.2) is 0 Å². The van der Waals surface area contributed by atoms with Crippen molar-refractivity contribution in [2.75, 3.05) is 38.2 Å². The average Bonchev–Trinajstić information content (AvgIpc) is 2.38. The summed E-state index contributed by atoms with van der Waals surface area (Å²) in [5, 5.41) is 3.72. The first kappa shape index (κ1) is 13.2. The molecule has 0 radical (unpaired) electrons. The van der Waals surface area contributed by atoms with E-state index in [1.54, 1.807) is 4.90 Å². The first-order chi connectivity index (χ1) is 8.66. The molecule has 1 aromatic carbocycles. The van der Waals surface area contributed by atoms with Gasteiger partial charge in [0, 0.05) is 13.1 Å². The third-order valence-electron chi connectivity index (χ3n) is 2.92. The van der Waals surface area contributed by atoms with Gasteiger partial charge in [-0.05, 0) is 24.6 Å². The highest BCUT2D eigenvalue weighted by Gasteiger charge is 2.16. The molecule has 0 saturated carbocycles. The van der Waals surface area contributed by atoms with Crippen molar-refractivity contribution in [3.63, 3.8) is 0 Å². The largest absolute Gasteiger partial charge is 0.378 e. The molecule has 1 fully saturated rings. The molecule has 1 aliphatic heterocycles. The maximum absolute atomic E-state index is 11.9. The number of hydrogen-bond acceptors (Lipinski definition) is 3. The summed E-state index contributed by atoms with van der Waals surface area (Å²) in [6.07, 6.45) is 0. The lowest BCUT2D eigenvalue weighted by atomic mass is 10.2. The number of hydrogen-bond donors (Lipinski definition) is 1. The molecule has 1 amide bonds. The van der Waals surface area contributed by atoms with Crippen LogP contribution in [0.25, 0.3) is 0 Å². The Morgan fingerprint density at radius 2 is 2.17 bits per heavy atom. The summed E-state index contributed by atoms with van der Waals surface area (Å²) in [4.78, 5) is 13.7. The lowest BCUT2D eigenvalue weighted by molar-refractivity contribution is -0.133. The fourth-order valence-electron chi connectivity index (χ4n) is 1.86. The maximum atomic E-state index is 11.9. The molecule has 0 bridgehead atoms. The van der Waals surface area contributed by atoms with Crippen LogP contribution in [-0.2, 0) is 9.53 Å². The molecule has 2 rings (SSSR count). The quantitative estimate of drug-likeness (QED) is 0.911. The number of anilines is 1. The van der Waals surface area contributed by atoms with Gasteiger partial charge in [-0.1, -0.05) is 17.7 Å². The Morgan fingerprint density at radius 3 is 2.83 bits per heavy atom. The molecule has 1 aliphatic rings. The number of benzene rings is 1. The molecule has 1 N–H and O–H groups in total. The predicted octanol–water partition coefficient (Wildman–Crippen LogP) is 1.92. The van der Waals surface area contributed by atoms with Crippen LogP contribution in [0.4, 0.5) is 5.69 Å². The number of amides is 1. The number of morpholine rings is 1. The molecule has 1 heterocycles. The zero-order valence-corrected chi connectivity index (χ0v) is 11.2. The van der Waals surface area contributed by atoms with E-state index in [4.69, 9.17) is 16.3 Å². The van der Waals surface area contributed by atoms with Crippen LogP contribution >= 0.6 is 11.6 Å². The van der Waals surface area contributed by atoms with E-state index in [9.17, 15) is 4.79 Å². The molecule has 0 unspecified atom stereocenters. The summed E-state index contributed by atoms with van der Waals surface area (Å²) >= 11 is 6.09. The summed E-state index contributed by atoms with van der Waals surface area (Å²) < 4.78 is 5.21. The second-order valence-corrected chi connectivity index (χ2v) is 4.74. The minimum absolute atomic E-state index is 0.0786. The van der Waals surface area contributed by atoms with Crippen molar-refractivity contribution >= 4 is 23.2 Å². The highest BCUT2D eigenvalue weighted by molar-refractivity contribution is 6.33. The molecule has 18 heavy (non-hydrogen) atoms. The summed E-state index contributed by atoms with van der Waals surface area (Å²) in [6, 6.07) is 5.74. The smallest absolute Gasteiger partial charge is 0.242 e. The minimum Gasteiger partial charge on any atom is -0.378 e. The number of carbonyl (C=O) groups is 1. The summed E-state index contributed by atoms with van der Waals surface area (Å²) in [7, 11) is 0. The van der Waals surface area contributed by atoms with Crippen molar-refractivity contribution in [1.82, 2.24) is 4.90 Å². The maximum Gasteiger partial charge on any atom is 0.242 e. The Labute approximate surface area is 112 Å². The molecule has 5 heteroatoms. The highest BCUT2D eigenvalue weighted by atomic mass is 35.5. The summed E-state index contributed by atoms with van der Waals surface area (Å²) in [5.41, 5.74) is 1.90. The van der Waals surface area contributed by atoms with Gasteiger partial charge in [0.05, 0.1) is 30.5 Å². The van der Waals surface area contributed by atoms with Crippen molar-refractivity contribution in [3.8, 4) is 0 Å². The number of ether oxygens (including phenoxy) is 1. The molecule has 0 atom stereocenters. The Balaban J connectivity index is 1.88. The summed E-state index contributed by atoms with van der Waals surface area (Å²) in [5.74, 6) is 0.0786. The van der Waals surface area contributed by atoms with Crippen LogP contribution in [-0.4, -0.2) is 43.7 Å². The lowest BCUT2D eigenvalue weighted by Gasteiger charge is -2.27. The number of aryl methyl sites for hydroxylation is 1. The van der Waals surface area contributed by atoms with Gasteiger partial charge in [0.15, 0.2) is 0 Å². The van der Waals surface area contributed by atoms with Crippen LogP contribution in [0.3, 0.4) is 0 Å². The van der Waals surface area contributed by atoms with Gasteiger partial charge in [0.2, 0.25) is 5.91 Å². The standard InChI is InChI=1S/C13H17ClN2O2/c1-10-2-3-12(11(14)8-10)15-9-13(17)16-4-6-18-7-5-16/h2-3,8,15H,4-7,9H2,1H3.